The maximum atomic E-state index is 13.9. The van der Waals surface area contributed by atoms with Gasteiger partial charge in [0.15, 0.2) is 17.2 Å². The summed E-state index contributed by atoms with van der Waals surface area (Å²) in [6, 6.07) is 3.67. The standard InChI is InChI=1S/C24H28F3N5O3.C5H10.CH2O/c1-7-34-17-12-28-13-18(19(17)24(25,26)27)35-22-15(3)20(31-32(22)23(4,5)6)21(33)30-11-16-9-8-14(2)10-29-16;1-2-4-5-3-1;1-2/h8-10,12-13H,7,11H2,1-6H3,(H,30,33);1-5H2;1H2. The highest BCUT2D eigenvalue weighted by atomic mass is 19.4. The third-order valence-electron chi connectivity index (χ3n) is 6.24. The highest BCUT2D eigenvalue weighted by Gasteiger charge is 2.40. The molecule has 0 aliphatic heterocycles. The number of alkyl halides is 3. The van der Waals surface area contributed by atoms with E-state index in [-0.39, 0.29) is 30.3 Å². The number of nitrogens with one attached hydrogen (secondary N) is 1. The fourth-order valence-electron chi connectivity index (χ4n) is 4.16. The lowest BCUT2D eigenvalue weighted by Gasteiger charge is -2.23. The quantitative estimate of drug-likeness (QED) is 0.317. The molecule has 3 aromatic heterocycles. The maximum absolute atomic E-state index is 13.9. The Labute approximate surface area is 244 Å². The smallest absolute Gasteiger partial charge is 0.423 e. The second kappa shape index (κ2) is 15.3. The Morgan fingerprint density at radius 3 is 2.10 bits per heavy atom. The zero-order valence-electron chi connectivity index (χ0n) is 25.1. The minimum absolute atomic E-state index is 0.00272. The summed E-state index contributed by atoms with van der Waals surface area (Å²) < 4.78 is 54.0. The van der Waals surface area contributed by atoms with Gasteiger partial charge < -0.3 is 19.6 Å². The molecule has 230 valence electrons. The molecule has 0 bridgehead atoms. The summed E-state index contributed by atoms with van der Waals surface area (Å²) >= 11 is 0. The van der Waals surface area contributed by atoms with Gasteiger partial charge in [-0.2, -0.15) is 18.3 Å². The summed E-state index contributed by atoms with van der Waals surface area (Å²) in [7, 11) is 0. The van der Waals surface area contributed by atoms with Crippen LogP contribution in [-0.2, 0) is 23.1 Å². The van der Waals surface area contributed by atoms with Crippen LogP contribution in [0.15, 0.2) is 30.7 Å². The van der Waals surface area contributed by atoms with Crippen LogP contribution in [0.4, 0.5) is 13.2 Å². The van der Waals surface area contributed by atoms with Crippen molar-refractivity contribution in [2.24, 2.45) is 0 Å². The van der Waals surface area contributed by atoms with Gasteiger partial charge in [0.25, 0.3) is 5.91 Å². The summed E-state index contributed by atoms with van der Waals surface area (Å²) in [5.41, 5.74) is 0.158. The van der Waals surface area contributed by atoms with Crippen LogP contribution in [0.2, 0.25) is 0 Å². The van der Waals surface area contributed by atoms with Gasteiger partial charge in [0.05, 0.1) is 36.8 Å². The predicted molar refractivity (Wildman–Crippen MR) is 153 cm³/mol. The number of hydrogen-bond acceptors (Lipinski definition) is 7. The molecule has 1 saturated carbocycles. The molecule has 1 N–H and O–H groups in total. The SMILES string of the molecule is C1CCCC1.C=O.CCOc1cncc(Oc2c(C)c(C(=O)NCc3ccc(C)cn3)nn2C(C)(C)C)c1C(F)(F)F. The molecule has 12 heteroatoms. The number of aromatic nitrogens is 4. The zero-order chi connectivity index (χ0) is 31.5. The van der Waals surface area contributed by atoms with E-state index in [4.69, 9.17) is 14.3 Å². The molecule has 0 atom stereocenters. The third kappa shape index (κ3) is 9.28. The van der Waals surface area contributed by atoms with Crippen molar-refractivity contribution < 1.29 is 32.2 Å². The molecule has 3 aromatic rings. The number of hydrogen-bond donors (Lipinski definition) is 1. The maximum Gasteiger partial charge on any atom is 0.423 e. The van der Waals surface area contributed by atoms with Gasteiger partial charge in [0, 0.05) is 11.8 Å². The van der Waals surface area contributed by atoms with Crippen molar-refractivity contribution in [3.8, 4) is 17.4 Å². The second-order valence-electron chi connectivity index (χ2n) is 10.7. The van der Waals surface area contributed by atoms with E-state index in [1.807, 2.05) is 19.8 Å². The van der Waals surface area contributed by atoms with Crippen LogP contribution in [0, 0.1) is 13.8 Å². The van der Waals surface area contributed by atoms with Crippen LogP contribution in [-0.4, -0.2) is 39.1 Å². The molecule has 3 heterocycles. The van der Waals surface area contributed by atoms with Crippen molar-refractivity contribution >= 4 is 12.7 Å². The summed E-state index contributed by atoms with van der Waals surface area (Å²) in [6.07, 6.45) is 6.39. The molecule has 1 amide bonds. The number of pyridine rings is 2. The summed E-state index contributed by atoms with van der Waals surface area (Å²) in [5, 5.41) is 7.13. The number of aryl methyl sites for hydroxylation is 1. The predicted octanol–water partition coefficient (Wildman–Crippen LogP) is 6.95. The molecule has 0 aromatic carbocycles. The van der Waals surface area contributed by atoms with Gasteiger partial charge in [-0.05, 0) is 53.2 Å². The number of amides is 1. The van der Waals surface area contributed by atoms with Crippen molar-refractivity contribution in [3.05, 3.63) is 58.8 Å². The Bertz CT molecular complexity index is 1290. The van der Waals surface area contributed by atoms with Crippen molar-refractivity contribution in [1.29, 1.82) is 0 Å². The lowest BCUT2D eigenvalue weighted by molar-refractivity contribution is -0.140. The summed E-state index contributed by atoms with van der Waals surface area (Å²) in [5.74, 6) is -1.50. The van der Waals surface area contributed by atoms with Crippen molar-refractivity contribution in [2.45, 2.75) is 91.9 Å². The minimum Gasteiger partial charge on any atom is -0.491 e. The van der Waals surface area contributed by atoms with Crippen LogP contribution in [0.1, 0.15) is 92.7 Å². The van der Waals surface area contributed by atoms with E-state index in [1.54, 1.807) is 46.9 Å². The van der Waals surface area contributed by atoms with E-state index in [0.29, 0.717) is 5.69 Å². The first kappa shape index (κ1) is 34.2. The molecular weight excluding hydrogens is 551 g/mol. The molecule has 1 fully saturated rings. The molecule has 0 radical (unpaired) electrons. The average Bonchev–Trinajstić information content (AvgIpc) is 3.62. The molecule has 0 spiro atoms. The fourth-order valence-corrected chi connectivity index (χ4v) is 4.16. The lowest BCUT2D eigenvalue weighted by Crippen LogP contribution is -2.27. The molecule has 1 aliphatic rings. The molecule has 0 unspecified atom stereocenters. The molecule has 42 heavy (non-hydrogen) atoms. The van der Waals surface area contributed by atoms with Gasteiger partial charge in [-0.15, -0.1) is 0 Å². The van der Waals surface area contributed by atoms with Crippen LogP contribution < -0.4 is 14.8 Å². The van der Waals surface area contributed by atoms with Gasteiger partial charge in [-0.25, -0.2) is 4.68 Å². The highest BCUT2D eigenvalue weighted by molar-refractivity contribution is 5.94. The molecule has 9 nitrogen and oxygen atoms in total. The molecule has 1 aliphatic carbocycles. The van der Waals surface area contributed by atoms with E-state index in [1.165, 1.54) is 36.8 Å². The highest BCUT2D eigenvalue weighted by Crippen LogP contribution is 2.44. The number of nitrogens with zero attached hydrogens (tertiary/aromatic N) is 4. The second-order valence-corrected chi connectivity index (χ2v) is 10.7. The van der Waals surface area contributed by atoms with Crippen molar-refractivity contribution in [2.75, 3.05) is 6.61 Å². The first-order valence-corrected chi connectivity index (χ1v) is 13.8. The monoisotopic (exact) mass is 591 g/mol. The van der Waals surface area contributed by atoms with Crippen LogP contribution in [0.5, 0.6) is 17.4 Å². The van der Waals surface area contributed by atoms with E-state index < -0.39 is 34.7 Å². The van der Waals surface area contributed by atoms with Crippen molar-refractivity contribution in [1.82, 2.24) is 25.1 Å². The normalized spacial score (nSPS) is 12.9. The van der Waals surface area contributed by atoms with Crippen molar-refractivity contribution in [3.63, 3.8) is 0 Å². The first-order chi connectivity index (χ1) is 19.8. The first-order valence-electron chi connectivity index (χ1n) is 13.8. The Hall–Kier alpha value is -3.96. The number of carbonyl (C=O) groups is 2. The number of halogens is 3. The Morgan fingerprint density at radius 1 is 1.00 bits per heavy atom. The van der Waals surface area contributed by atoms with E-state index >= 15 is 0 Å². The van der Waals surface area contributed by atoms with Gasteiger partial charge in [-0.3, -0.25) is 14.8 Å². The van der Waals surface area contributed by atoms with Gasteiger partial charge >= 0.3 is 6.18 Å². The van der Waals surface area contributed by atoms with Crippen LogP contribution >= 0.6 is 0 Å². The van der Waals surface area contributed by atoms with Gasteiger partial charge in [0.1, 0.15) is 12.4 Å². The largest absolute Gasteiger partial charge is 0.491 e. The fraction of sp³-hybridized carbons (Fsp3) is 0.500. The Morgan fingerprint density at radius 2 is 1.60 bits per heavy atom. The number of rotatable bonds is 7. The topological polar surface area (TPSA) is 108 Å². The minimum atomic E-state index is -4.76. The Kier molecular flexibility index (Phi) is 12.5. The van der Waals surface area contributed by atoms with Gasteiger partial charge in [0.2, 0.25) is 5.88 Å². The summed E-state index contributed by atoms with van der Waals surface area (Å²) in [4.78, 5) is 29.0. The molecule has 4 rings (SSSR count). The molecular formula is C30H40F3N5O4. The van der Waals surface area contributed by atoms with Crippen LogP contribution in [0.3, 0.4) is 0 Å². The van der Waals surface area contributed by atoms with E-state index in [2.05, 4.69) is 20.4 Å². The number of ether oxygens (including phenoxy) is 2. The van der Waals surface area contributed by atoms with E-state index in [0.717, 1.165) is 18.0 Å². The Balaban J connectivity index is 0.000000781. The zero-order valence-corrected chi connectivity index (χ0v) is 25.1. The molecule has 0 saturated heterocycles. The average molecular weight is 592 g/mol. The van der Waals surface area contributed by atoms with Crippen LogP contribution in [0.25, 0.3) is 0 Å². The van der Waals surface area contributed by atoms with E-state index in [9.17, 15) is 18.0 Å². The lowest BCUT2D eigenvalue weighted by atomic mass is 10.1. The van der Waals surface area contributed by atoms with Gasteiger partial charge in [-0.1, -0.05) is 38.2 Å². The third-order valence-corrected chi connectivity index (χ3v) is 6.24. The number of carbonyl (C=O) groups excluding carboxylic acids is 2. The summed E-state index contributed by atoms with van der Waals surface area (Å²) in [6.45, 7) is 12.6.